The molecule has 0 radical (unpaired) electrons. The van der Waals surface area contributed by atoms with E-state index in [2.05, 4.69) is 15.1 Å². The number of rotatable bonds is 5. The van der Waals surface area contributed by atoms with Gasteiger partial charge in [0.2, 0.25) is 11.3 Å². The Kier molecular flexibility index (Phi) is 4.54. The zero-order valence-electron chi connectivity index (χ0n) is 18.1. The minimum atomic E-state index is -1.34. The third-order valence-corrected chi connectivity index (χ3v) is 6.55. The maximum atomic E-state index is 15.2. The molecule has 5 heterocycles. The van der Waals surface area contributed by atoms with Gasteiger partial charge in [0.15, 0.2) is 17.7 Å². The van der Waals surface area contributed by atoms with Gasteiger partial charge >= 0.3 is 5.97 Å². The molecular formula is C23H20FN5O5. The second kappa shape index (κ2) is 7.51. The van der Waals surface area contributed by atoms with Gasteiger partial charge in [0.25, 0.3) is 0 Å². The lowest BCUT2D eigenvalue weighted by molar-refractivity contribution is 0.0694. The molecule has 0 spiro atoms. The average Bonchev–Trinajstić information content (AvgIpc) is 3.47. The van der Waals surface area contributed by atoms with Crippen molar-refractivity contribution in [1.29, 1.82) is 0 Å². The largest absolute Gasteiger partial charge is 0.481 e. The zero-order chi connectivity index (χ0) is 23.6. The molecule has 11 heteroatoms. The van der Waals surface area contributed by atoms with Crippen LogP contribution in [0, 0.1) is 11.7 Å². The highest BCUT2D eigenvalue weighted by molar-refractivity contribution is 6.03. The van der Waals surface area contributed by atoms with Crippen LogP contribution >= 0.6 is 0 Å². The van der Waals surface area contributed by atoms with Gasteiger partial charge < -0.3 is 24.1 Å². The number of aromatic nitrogens is 3. The van der Waals surface area contributed by atoms with E-state index in [4.69, 9.17) is 9.57 Å². The summed E-state index contributed by atoms with van der Waals surface area (Å²) >= 11 is 0. The van der Waals surface area contributed by atoms with E-state index in [9.17, 15) is 14.7 Å². The fourth-order valence-corrected chi connectivity index (χ4v) is 4.67. The van der Waals surface area contributed by atoms with Crippen molar-refractivity contribution in [3.05, 3.63) is 57.8 Å². The lowest BCUT2D eigenvalue weighted by Gasteiger charge is -2.20. The zero-order valence-corrected chi connectivity index (χ0v) is 18.1. The van der Waals surface area contributed by atoms with Crippen LogP contribution in [-0.2, 0) is 4.84 Å². The van der Waals surface area contributed by atoms with Gasteiger partial charge in [-0.2, -0.15) is 0 Å². The van der Waals surface area contributed by atoms with Crippen LogP contribution in [0.4, 0.5) is 10.2 Å². The van der Waals surface area contributed by atoms with Crippen LogP contribution in [0.5, 0.6) is 5.88 Å². The number of hydrogen-bond acceptors (Lipinski definition) is 8. The van der Waals surface area contributed by atoms with Gasteiger partial charge in [0.1, 0.15) is 11.2 Å². The van der Waals surface area contributed by atoms with Crippen molar-refractivity contribution in [2.75, 3.05) is 25.1 Å². The van der Waals surface area contributed by atoms with Gasteiger partial charge in [-0.1, -0.05) is 5.16 Å². The van der Waals surface area contributed by atoms with Crippen LogP contribution in [0.1, 0.15) is 34.8 Å². The molecule has 0 amide bonds. The fraction of sp³-hybridized carbons (Fsp3) is 0.348. The normalized spacial score (nSPS) is 21.4. The Morgan fingerprint density at radius 3 is 2.79 bits per heavy atom. The predicted molar refractivity (Wildman–Crippen MR) is 119 cm³/mol. The predicted octanol–water partition coefficient (Wildman–Crippen LogP) is 2.21. The number of hydrogen-bond donors (Lipinski definition) is 1. The first-order chi connectivity index (χ1) is 16.4. The van der Waals surface area contributed by atoms with Crippen LogP contribution in [0.15, 0.2) is 40.5 Å². The Hall–Kier alpha value is -4.02. The highest BCUT2D eigenvalue weighted by atomic mass is 19.1. The van der Waals surface area contributed by atoms with E-state index < -0.39 is 17.2 Å². The van der Waals surface area contributed by atoms with E-state index in [1.54, 1.807) is 28.8 Å². The van der Waals surface area contributed by atoms with Crippen LogP contribution in [0.25, 0.3) is 11.0 Å². The standard InChI is InChI=1S/C23H20FN5O5/c1-33-18-5-2-11(7-25-18)19-14-8-28(10-17(14)34-27-19)22-16(24)6-13-20(30)15(23(31)32)9-29(12-3-4-12)21(13)26-22/h2,5-7,9,12,14,17H,3-4,8,10H2,1H3,(H,31,32). The SMILES string of the molecule is COc1ccc(C2=NOC3CN(c4nc5c(cc4F)c(=O)c(C(=O)O)cn5C4CC4)CC23)cn1. The Morgan fingerprint density at radius 2 is 2.12 bits per heavy atom. The number of oxime groups is 1. The Labute approximate surface area is 192 Å². The van der Waals surface area contributed by atoms with Crippen LogP contribution in [-0.4, -0.2) is 57.6 Å². The first kappa shape index (κ1) is 20.6. The molecule has 3 aliphatic rings. The smallest absolute Gasteiger partial charge is 0.341 e. The van der Waals surface area contributed by atoms with Crippen molar-refractivity contribution in [2.45, 2.75) is 25.0 Å². The summed E-state index contributed by atoms with van der Waals surface area (Å²) in [6, 6.07) is 4.74. The molecule has 0 aromatic carbocycles. The van der Waals surface area contributed by atoms with Crippen molar-refractivity contribution >= 4 is 28.5 Å². The number of carboxylic acids is 1. The van der Waals surface area contributed by atoms with Crippen molar-refractivity contribution in [3.63, 3.8) is 0 Å². The molecule has 1 saturated heterocycles. The average molecular weight is 465 g/mol. The second-order valence-electron chi connectivity index (χ2n) is 8.70. The fourth-order valence-electron chi connectivity index (χ4n) is 4.67. The first-order valence-electron chi connectivity index (χ1n) is 10.9. The number of carboxylic acid groups (broad SMARTS) is 1. The Balaban J connectivity index is 1.36. The van der Waals surface area contributed by atoms with E-state index in [1.807, 2.05) is 6.07 Å². The van der Waals surface area contributed by atoms with Gasteiger partial charge in [-0.3, -0.25) is 4.79 Å². The van der Waals surface area contributed by atoms with Crippen LogP contribution in [0.2, 0.25) is 0 Å². The molecule has 10 nitrogen and oxygen atoms in total. The van der Waals surface area contributed by atoms with Gasteiger partial charge in [-0.25, -0.2) is 19.2 Å². The highest BCUT2D eigenvalue weighted by Crippen LogP contribution is 2.38. The van der Waals surface area contributed by atoms with Gasteiger partial charge in [-0.05, 0) is 25.0 Å². The monoisotopic (exact) mass is 465 g/mol. The van der Waals surface area contributed by atoms with E-state index in [0.717, 1.165) is 30.2 Å². The number of ether oxygens (including phenoxy) is 1. The topological polar surface area (TPSA) is 119 Å². The number of anilines is 1. The first-order valence-corrected chi connectivity index (χ1v) is 10.9. The molecule has 0 bridgehead atoms. The Bertz CT molecular complexity index is 1420. The molecule has 6 rings (SSSR count). The number of carbonyl (C=O) groups is 1. The van der Waals surface area contributed by atoms with Gasteiger partial charge in [-0.15, -0.1) is 0 Å². The second-order valence-corrected chi connectivity index (χ2v) is 8.70. The number of pyridine rings is 3. The summed E-state index contributed by atoms with van der Waals surface area (Å²) < 4.78 is 22.0. The molecule has 2 fully saturated rings. The molecule has 34 heavy (non-hydrogen) atoms. The summed E-state index contributed by atoms with van der Waals surface area (Å²) in [6.07, 6.45) is 4.41. The van der Waals surface area contributed by atoms with E-state index in [0.29, 0.717) is 24.6 Å². The number of aromatic carboxylic acids is 1. The summed E-state index contributed by atoms with van der Waals surface area (Å²) in [6.45, 7) is 0.795. The van der Waals surface area contributed by atoms with E-state index in [1.165, 1.54) is 6.20 Å². The van der Waals surface area contributed by atoms with Crippen LogP contribution in [0.3, 0.4) is 0 Å². The molecule has 2 aliphatic heterocycles. The molecular weight excluding hydrogens is 445 g/mol. The van der Waals surface area contributed by atoms with Crippen molar-refractivity contribution in [1.82, 2.24) is 14.5 Å². The molecule has 1 N–H and O–H groups in total. The number of nitrogens with zero attached hydrogens (tertiary/aromatic N) is 5. The quantitative estimate of drug-likeness (QED) is 0.609. The lowest BCUT2D eigenvalue weighted by Crippen LogP contribution is -2.26. The molecule has 2 atom stereocenters. The summed E-state index contributed by atoms with van der Waals surface area (Å²) in [7, 11) is 1.54. The van der Waals surface area contributed by atoms with Crippen molar-refractivity contribution < 1.29 is 23.9 Å². The molecule has 1 saturated carbocycles. The van der Waals surface area contributed by atoms with Crippen molar-refractivity contribution in [3.8, 4) is 5.88 Å². The molecule has 1 aliphatic carbocycles. The summed E-state index contributed by atoms with van der Waals surface area (Å²) in [4.78, 5) is 40.4. The highest BCUT2D eigenvalue weighted by Gasteiger charge is 2.44. The third-order valence-electron chi connectivity index (χ3n) is 6.55. The molecule has 3 aromatic heterocycles. The minimum Gasteiger partial charge on any atom is -0.481 e. The van der Waals surface area contributed by atoms with Crippen LogP contribution < -0.4 is 15.1 Å². The number of fused-ring (bicyclic) bond motifs is 2. The van der Waals surface area contributed by atoms with Gasteiger partial charge in [0.05, 0.1) is 30.7 Å². The summed E-state index contributed by atoms with van der Waals surface area (Å²) in [5.41, 5.74) is 0.697. The summed E-state index contributed by atoms with van der Waals surface area (Å²) in [5.74, 6) is -1.53. The lowest BCUT2D eigenvalue weighted by atomic mass is 9.96. The number of halogens is 1. The Morgan fingerprint density at radius 1 is 1.29 bits per heavy atom. The maximum Gasteiger partial charge on any atom is 0.341 e. The third kappa shape index (κ3) is 3.18. The summed E-state index contributed by atoms with van der Waals surface area (Å²) in [5, 5.41) is 13.6. The number of methoxy groups -OCH3 is 1. The van der Waals surface area contributed by atoms with E-state index in [-0.39, 0.29) is 34.8 Å². The van der Waals surface area contributed by atoms with Gasteiger partial charge in [0, 0.05) is 36.6 Å². The minimum absolute atomic E-state index is 0.0322. The molecule has 174 valence electrons. The van der Waals surface area contributed by atoms with Crippen molar-refractivity contribution in [2.24, 2.45) is 11.1 Å². The molecule has 3 aromatic rings. The maximum absolute atomic E-state index is 15.2. The molecule has 2 unspecified atom stereocenters. The van der Waals surface area contributed by atoms with E-state index >= 15 is 4.39 Å².